The minimum Gasteiger partial charge on any atom is -0.461 e. The number of aromatic nitrogens is 4. The summed E-state index contributed by atoms with van der Waals surface area (Å²) in [6.45, 7) is 4.85. The summed E-state index contributed by atoms with van der Waals surface area (Å²) < 4.78 is 7.49. The standard InChI is InChI=1S/C19H17ClN4OS/c1-3-24-18(16-9-6-10-25-16)22-23-19(24)26-11-15-17(20)12(2)13-7-4-5-8-14(13)21-15/h4-10H,3,11H2,1-2H3. The van der Waals surface area contributed by atoms with Crippen molar-refractivity contribution in [3.8, 4) is 11.6 Å². The molecule has 4 aromatic rings. The smallest absolute Gasteiger partial charge is 0.200 e. The Morgan fingerprint density at radius 2 is 2.00 bits per heavy atom. The van der Waals surface area contributed by atoms with Crippen molar-refractivity contribution in [3.05, 3.63) is 58.9 Å². The fraction of sp³-hybridized carbons (Fsp3) is 0.211. The van der Waals surface area contributed by atoms with E-state index in [2.05, 4.69) is 17.1 Å². The van der Waals surface area contributed by atoms with E-state index in [1.807, 2.05) is 47.9 Å². The van der Waals surface area contributed by atoms with E-state index < -0.39 is 0 Å². The fourth-order valence-electron chi connectivity index (χ4n) is 2.91. The Balaban J connectivity index is 1.64. The molecular weight excluding hydrogens is 368 g/mol. The Morgan fingerprint density at radius 3 is 2.77 bits per heavy atom. The maximum atomic E-state index is 6.56. The SMILES string of the molecule is CCn1c(SCc2nc3ccccc3c(C)c2Cl)nnc1-c1ccco1. The molecule has 0 aliphatic rings. The number of pyridine rings is 1. The lowest BCUT2D eigenvalue weighted by molar-refractivity contribution is 0.567. The van der Waals surface area contributed by atoms with E-state index >= 15 is 0 Å². The van der Waals surface area contributed by atoms with Crippen molar-refractivity contribution in [3.63, 3.8) is 0 Å². The van der Waals surface area contributed by atoms with Gasteiger partial charge >= 0.3 is 0 Å². The highest BCUT2D eigenvalue weighted by molar-refractivity contribution is 7.98. The Hall–Kier alpha value is -2.31. The Bertz CT molecular complexity index is 1060. The van der Waals surface area contributed by atoms with Crippen LogP contribution in [-0.4, -0.2) is 19.7 Å². The van der Waals surface area contributed by atoms with Crippen LogP contribution in [0.1, 0.15) is 18.2 Å². The van der Waals surface area contributed by atoms with E-state index in [0.717, 1.165) is 39.7 Å². The second kappa shape index (κ2) is 7.13. The lowest BCUT2D eigenvalue weighted by atomic mass is 10.1. The molecule has 0 aliphatic carbocycles. The summed E-state index contributed by atoms with van der Waals surface area (Å²) >= 11 is 8.14. The van der Waals surface area contributed by atoms with E-state index in [-0.39, 0.29) is 0 Å². The molecule has 132 valence electrons. The van der Waals surface area contributed by atoms with Gasteiger partial charge in [0.15, 0.2) is 16.7 Å². The molecule has 7 heteroatoms. The molecular formula is C19H17ClN4OS. The van der Waals surface area contributed by atoms with Crippen LogP contribution in [0.3, 0.4) is 0 Å². The van der Waals surface area contributed by atoms with Gasteiger partial charge in [-0.25, -0.2) is 0 Å². The number of fused-ring (bicyclic) bond motifs is 1. The normalized spacial score (nSPS) is 11.3. The average molecular weight is 385 g/mol. The third-order valence-corrected chi connectivity index (χ3v) is 5.74. The molecule has 5 nitrogen and oxygen atoms in total. The first-order valence-corrected chi connectivity index (χ1v) is 9.69. The first-order chi connectivity index (χ1) is 12.7. The van der Waals surface area contributed by atoms with Crippen molar-refractivity contribution in [2.24, 2.45) is 0 Å². The van der Waals surface area contributed by atoms with E-state index in [4.69, 9.17) is 21.0 Å². The van der Waals surface area contributed by atoms with Crippen molar-refractivity contribution in [2.75, 3.05) is 0 Å². The van der Waals surface area contributed by atoms with Gasteiger partial charge in [-0.05, 0) is 37.6 Å². The topological polar surface area (TPSA) is 56.7 Å². The highest BCUT2D eigenvalue weighted by Gasteiger charge is 2.17. The number of rotatable bonds is 5. The summed E-state index contributed by atoms with van der Waals surface area (Å²) in [7, 11) is 0. The summed E-state index contributed by atoms with van der Waals surface area (Å²) in [5.41, 5.74) is 2.87. The lowest BCUT2D eigenvalue weighted by Crippen LogP contribution is -2.00. The van der Waals surface area contributed by atoms with Gasteiger partial charge in [0.05, 0.1) is 22.5 Å². The molecule has 3 heterocycles. The summed E-state index contributed by atoms with van der Waals surface area (Å²) in [4.78, 5) is 4.73. The molecule has 0 N–H and O–H groups in total. The molecule has 0 saturated carbocycles. The Labute approximate surface area is 160 Å². The number of hydrogen-bond acceptors (Lipinski definition) is 5. The monoisotopic (exact) mass is 384 g/mol. The molecule has 0 amide bonds. The summed E-state index contributed by atoms with van der Waals surface area (Å²) in [5, 5.41) is 11.2. The lowest BCUT2D eigenvalue weighted by Gasteiger charge is -2.10. The third-order valence-electron chi connectivity index (χ3n) is 4.26. The molecule has 0 saturated heterocycles. The van der Waals surface area contributed by atoms with Crippen LogP contribution in [0.4, 0.5) is 0 Å². The van der Waals surface area contributed by atoms with Crippen molar-refractivity contribution in [1.82, 2.24) is 19.7 Å². The molecule has 26 heavy (non-hydrogen) atoms. The zero-order valence-corrected chi connectivity index (χ0v) is 16.0. The molecule has 0 fully saturated rings. The van der Waals surface area contributed by atoms with Crippen LogP contribution < -0.4 is 0 Å². The zero-order chi connectivity index (χ0) is 18.1. The molecule has 0 unspecified atom stereocenters. The fourth-order valence-corrected chi connectivity index (χ4v) is 4.15. The molecule has 0 atom stereocenters. The molecule has 0 radical (unpaired) electrons. The Morgan fingerprint density at radius 1 is 1.15 bits per heavy atom. The first kappa shape index (κ1) is 17.1. The second-order valence-corrected chi connectivity index (χ2v) is 7.15. The van der Waals surface area contributed by atoms with Crippen LogP contribution in [-0.2, 0) is 12.3 Å². The van der Waals surface area contributed by atoms with Gasteiger partial charge in [-0.2, -0.15) is 0 Å². The molecule has 1 aromatic carbocycles. The molecule has 4 rings (SSSR count). The summed E-state index contributed by atoms with van der Waals surface area (Å²) in [5.74, 6) is 2.07. The van der Waals surface area contributed by atoms with Crippen molar-refractivity contribution < 1.29 is 4.42 Å². The highest BCUT2D eigenvalue weighted by atomic mass is 35.5. The van der Waals surface area contributed by atoms with Crippen LogP contribution in [0.15, 0.2) is 52.2 Å². The largest absolute Gasteiger partial charge is 0.461 e. The van der Waals surface area contributed by atoms with E-state index in [1.165, 1.54) is 0 Å². The van der Waals surface area contributed by atoms with Crippen LogP contribution in [0, 0.1) is 6.92 Å². The van der Waals surface area contributed by atoms with E-state index in [9.17, 15) is 0 Å². The zero-order valence-electron chi connectivity index (χ0n) is 14.4. The quantitative estimate of drug-likeness (QED) is 0.433. The number of para-hydroxylation sites is 1. The molecule has 0 bridgehead atoms. The number of halogens is 1. The maximum Gasteiger partial charge on any atom is 0.200 e. The van der Waals surface area contributed by atoms with Crippen molar-refractivity contribution in [1.29, 1.82) is 0 Å². The van der Waals surface area contributed by atoms with Gasteiger partial charge in [-0.3, -0.25) is 9.55 Å². The number of thioether (sulfide) groups is 1. The molecule has 0 spiro atoms. The molecule has 3 aromatic heterocycles. The summed E-state index contributed by atoms with van der Waals surface area (Å²) in [6.07, 6.45) is 1.64. The van der Waals surface area contributed by atoms with Crippen LogP contribution in [0.2, 0.25) is 5.02 Å². The van der Waals surface area contributed by atoms with E-state index in [0.29, 0.717) is 16.5 Å². The third kappa shape index (κ3) is 2.99. The Kier molecular flexibility index (Phi) is 4.70. The van der Waals surface area contributed by atoms with Gasteiger partial charge < -0.3 is 4.42 Å². The van der Waals surface area contributed by atoms with Gasteiger partial charge in [-0.1, -0.05) is 41.6 Å². The maximum absolute atomic E-state index is 6.56. The number of aryl methyl sites for hydroxylation is 1. The van der Waals surface area contributed by atoms with Crippen molar-refractivity contribution in [2.45, 2.75) is 31.3 Å². The molecule has 0 aliphatic heterocycles. The van der Waals surface area contributed by atoms with Crippen molar-refractivity contribution >= 4 is 34.3 Å². The van der Waals surface area contributed by atoms with Crippen LogP contribution >= 0.6 is 23.4 Å². The number of hydrogen-bond donors (Lipinski definition) is 0. The predicted molar refractivity (Wildman–Crippen MR) is 104 cm³/mol. The average Bonchev–Trinajstić information content (AvgIpc) is 3.32. The predicted octanol–water partition coefficient (Wildman–Crippen LogP) is 5.36. The van der Waals surface area contributed by atoms with Gasteiger partial charge in [-0.15, -0.1) is 10.2 Å². The van der Waals surface area contributed by atoms with Crippen LogP contribution in [0.25, 0.3) is 22.5 Å². The van der Waals surface area contributed by atoms with Gasteiger partial charge in [0.25, 0.3) is 0 Å². The van der Waals surface area contributed by atoms with Gasteiger partial charge in [0, 0.05) is 17.7 Å². The van der Waals surface area contributed by atoms with Gasteiger partial charge in [0.1, 0.15) is 0 Å². The number of nitrogens with zero attached hydrogens (tertiary/aromatic N) is 4. The first-order valence-electron chi connectivity index (χ1n) is 8.32. The minimum atomic E-state index is 0.626. The number of benzene rings is 1. The second-order valence-electron chi connectivity index (χ2n) is 5.83. The minimum absolute atomic E-state index is 0.626. The van der Waals surface area contributed by atoms with E-state index in [1.54, 1.807) is 18.0 Å². The van der Waals surface area contributed by atoms with Crippen LogP contribution in [0.5, 0.6) is 0 Å². The number of furan rings is 1. The van der Waals surface area contributed by atoms with Gasteiger partial charge in [0.2, 0.25) is 0 Å². The highest BCUT2D eigenvalue weighted by Crippen LogP contribution is 2.32. The summed E-state index contributed by atoms with van der Waals surface area (Å²) in [6, 6.07) is 11.8.